The van der Waals surface area contributed by atoms with Crippen molar-refractivity contribution in [3.63, 3.8) is 0 Å². The second-order valence-corrected chi connectivity index (χ2v) is 4.72. The third-order valence-corrected chi connectivity index (χ3v) is 3.14. The van der Waals surface area contributed by atoms with Crippen LogP contribution in [0.4, 0.5) is 20.5 Å². The van der Waals surface area contributed by atoms with Crippen LogP contribution in [0.15, 0.2) is 34.2 Å². The molecule has 0 amide bonds. The number of nitrogens with zero attached hydrogens (tertiary/aromatic N) is 2. The van der Waals surface area contributed by atoms with Crippen molar-refractivity contribution in [2.45, 2.75) is 16.8 Å². The average Bonchev–Trinajstić information content (AvgIpc) is 2.33. The standard InChI is InChI=1S/C12H12F2N4S/c1-2-16-10-6-11(18-12(15)17-10)19-9-5-7(13)3-4-8(9)14/h3-6H,2H2,1H3,(H3,15,16,17,18). The summed E-state index contributed by atoms with van der Waals surface area (Å²) in [5.74, 6) is -0.376. The van der Waals surface area contributed by atoms with E-state index in [1.165, 1.54) is 0 Å². The lowest BCUT2D eigenvalue weighted by atomic mass is 10.3. The number of nitrogens with two attached hydrogens (primary N) is 1. The molecule has 0 atom stereocenters. The van der Waals surface area contributed by atoms with Crippen LogP contribution in [0.2, 0.25) is 0 Å². The first-order valence-electron chi connectivity index (χ1n) is 5.60. The summed E-state index contributed by atoms with van der Waals surface area (Å²) in [7, 11) is 0. The fourth-order valence-electron chi connectivity index (χ4n) is 1.43. The predicted octanol–water partition coefficient (Wildman–Crippen LogP) is 2.92. The number of nitrogens with one attached hydrogen (secondary N) is 1. The van der Waals surface area contributed by atoms with Crippen LogP contribution >= 0.6 is 11.8 Å². The highest BCUT2D eigenvalue weighted by Crippen LogP contribution is 2.30. The minimum absolute atomic E-state index is 0.0813. The third-order valence-electron chi connectivity index (χ3n) is 2.19. The molecule has 1 aromatic heterocycles. The second kappa shape index (κ2) is 5.83. The maximum atomic E-state index is 13.5. The van der Waals surface area contributed by atoms with Gasteiger partial charge in [-0.15, -0.1) is 0 Å². The molecule has 19 heavy (non-hydrogen) atoms. The fraction of sp³-hybridized carbons (Fsp3) is 0.167. The van der Waals surface area contributed by atoms with Crippen LogP contribution in [-0.4, -0.2) is 16.5 Å². The molecule has 0 radical (unpaired) electrons. The zero-order chi connectivity index (χ0) is 13.8. The van der Waals surface area contributed by atoms with Crippen molar-refractivity contribution >= 4 is 23.5 Å². The highest BCUT2D eigenvalue weighted by atomic mass is 32.2. The maximum Gasteiger partial charge on any atom is 0.223 e. The van der Waals surface area contributed by atoms with Gasteiger partial charge in [0.15, 0.2) is 0 Å². The Morgan fingerprint density at radius 2 is 2.05 bits per heavy atom. The molecule has 0 aliphatic carbocycles. The Morgan fingerprint density at radius 3 is 2.79 bits per heavy atom. The van der Waals surface area contributed by atoms with Crippen molar-refractivity contribution in [2.75, 3.05) is 17.6 Å². The van der Waals surface area contributed by atoms with E-state index >= 15 is 0 Å². The van der Waals surface area contributed by atoms with Crippen LogP contribution in [0.25, 0.3) is 0 Å². The van der Waals surface area contributed by atoms with Gasteiger partial charge >= 0.3 is 0 Å². The van der Waals surface area contributed by atoms with Gasteiger partial charge in [0.05, 0.1) is 4.90 Å². The van der Waals surface area contributed by atoms with Gasteiger partial charge in [0.1, 0.15) is 22.5 Å². The van der Waals surface area contributed by atoms with Crippen LogP contribution < -0.4 is 11.1 Å². The van der Waals surface area contributed by atoms with Crippen molar-refractivity contribution < 1.29 is 8.78 Å². The molecule has 0 unspecified atom stereocenters. The number of halogens is 2. The highest BCUT2D eigenvalue weighted by Gasteiger charge is 2.09. The van der Waals surface area contributed by atoms with Crippen molar-refractivity contribution in [3.05, 3.63) is 35.9 Å². The Morgan fingerprint density at radius 1 is 1.26 bits per heavy atom. The topological polar surface area (TPSA) is 63.8 Å². The average molecular weight is 282 g/mol. The van der Waals surface area contributed by atoms with Gasteiger partial charge in [-0.1, -0.05) is 11.8 Å². The molecule has 1 heterocycles. The molecule has 0 fully saturated rings. The minimum atomic E-state index is -0.506. The first kappa shape index (κ1) is 13.5. The zero-order valence-corrected chi connectivity index (χ0v) is 11.0. The first-order valence-corrected chi connectivity index (χ1v) is 6.41. The molecule has 0 saturated heterocycles. The highest BCUT2D eigenvalue weighted by molar-refractivity contribution is 7.99. The van der Waals surface area contributed by atoms with Gasteiger partial charge in [-0.2, -0.15) is 4.98 Å². The molecule has 1 aromatic carbocycles. The Balaban J connectivity index is 2.29. The Labute approximate surface area is 113 Å². The van der Waals surface area contributed by atoms with E-state index in [0.29, 0.717) is 17.4 Å². The van der Waals surface area contributed by atoms with E-state index in [-0.39, 0.29) is 10.8 Å². The molecular weight excluding hydrogens is 270 g/mol. The lowest BCUT2D eigenvalue weighted by molar-refractivity contribution is 0.577. The van der Waals surface area contributed by atoms with Crippen LogP contribution in [0.5, 0.6) is 0 Å². The number of hydrogen-bond acceptors (Lipinski definition) is 5. The molecule has 7 heteroatoms. The lowest BCUT2D eigenvalue weighted by Crippen LogP contribution is -2.03. The van der Waals surface area contributed by atoms with E-state index in [0.717, 1.165) is 30.0 Å². The van der Waals surface area contributed by atoms with Crippen molar-refractivity contribution in [1.82, 2.24) is 9.97 Å². The lowest BCUT2D eigenvalue weighted by Gasteiger charge is -2.07. The minimum Gasteiger partial charge on any atom is -0.370 e. The molecule has 2 rings (SSSR count). The Hall–Kier alpha value is -1.89. The number of hydrogen-bond donors (Lipinski definition) is 2. The van der Waals surface area contributed by atoms with Crippen molar-refractivity contribution in [3.8, 4) is 0 Å². The second-order valence-electron chi connectivity index (χ2n) is 3.66. The van der Waals surface area contributed by atoms with Crippen LogP contribution in [0.1, 0.15) is 6.92 Å². The molecule has 2 aromatic rings. The summed E-state index contributed by atoms with van der Waals surface area (Å²) in [6.07, 6.45) is 0. The number of anilines is 2. The SMILES string of the molecule is CCNc1cc(Sc2cc(F)ccc2F)nc(N)n1. The summed E-state index contributed by atoms with van der Waals surface area (Å²) < 4.78 is 26.6. The number of aromatic nitrogens is 2. The molecule has 0 aliphatic heterocycles. The summed E-state index contributed by atoms with van der Waals surface area (Å²) in [4.78, 5) is 8.12. The van der Waals surface area contributed by atoms with E-state index in [9.17, 15) is 8.78 Å². The number of rotatable bonds is 4. The van der Waals surface area contributed by atoms with E-state index in [1.54, 1.807) is 6.07 Å². The van der Waals surface area contributed by atoms with Crippen LogP contribution in [0, 0.1) is 11.6 Å². The molecule has 0 spiro atoms. The van der Waals surface area contributed by atoms with Gasteiger partial charge in [0.25, 0.3) is 0 Å². The van der Waals surface area contributed by atoms with Gasteiger partial charge in [0.2, 0.25) is 5.95 Å². The van der Waals surface area contributed by atoms with Gasteiger partial charge in [-0.25, -0.2) is 13.8 Å². The summed E-state index contributed by atoms with van der Waals surface area (Å²) >= 11 is 0.996. The van der Waals surface area contributed by atoms with Crippen molar-refractivity contribution in [2.24, 2.45) is 0 Å². The van der Waals surface area contributed by atoms with Crippen LogP contribution in [-0.2, 0) is 0 Å². The molecular formula is C12H12F2N4S. The van der Waals surface area contributed by atoms with E-state index in [4.69, 9.17) is 5.73 Å². The smallest absolute Gasteiger partial charge is 0.223 e. The number of nitrogen functional groups attached to an aromatic ring is 1. The maximum absolute atomic E-state index is 13.5. The number of benzene rings is 1. The summed E-state index contributed by atoms with van der Waals surface area (Å²) in [6, 6.07) is 4.89. The van der Waals surface area contributed by atoms with Gasteiger partial charge < -0.3 is 11.1 Å². The molecule has 4 nitrogen and oxygen atoms in total. The molecule has 0 aliphatic rings. The normalized spacial score (nSPS) is 10.5. The fourth-order valence-corrected chi connectivity index (χ4v) is 2.31. The monoisotopic (exact) mass is 282 g/mol. The first-order chi connectivity index (χ1) is 9.08. The molecule has 100 valence electrons. The van der Waals surface area contributed by atoms with Gasteiger partial charge in [0, 0.05) is 12.6 Å². The predicted molar refractivity (Wildman–Crippen MR) is 71.1 cm³/mol. The summed E-state index contributed by atoms with van der Waals surface area (Å²) in [5.41, 5.74) is 5.57. The zero-order valence-electron chi connectivity index (χ0n) is 10.2. The summed E-state index contributed by atoms with van der Waals surface area (Å²) in [6.45, 7) is 2.59. The van der Waals surface area contributed by atoms with E-state index in [2.05, 4.69) is 15.3 Å². The molecule has 0 bridgehead atoms. The van der Waals surface area contributed by atoms with E-state index in [1.807, 2.05) is 6.92 Å². The quantitative estimate of drug-likeness (QED) is 0.844. The van der Waals surface area contributed by atoms with Crippen LogP contribution in [0.3, 0.4) is 0 Å². The summed E-state index contributed by atoms with van der Waals surface area (Å²) in [5, 5.41) is 3.44. The third kappa shape index (κ3) is 3.54. The Bertz CT molecular complexity index is 592. The van der Waals surface area contributed by atoms with Crippen molar-refractivity contribution in [1.29, 1.82) is 0 Å². The molecule has 3 N–H and O–H groups in total. The Kier molecular flexibility index (Phi) is 4.16. The molecule has 0 saturated carbocycles. The largest absolute Gasteiger partial charge is 0.370 e. The van der Waals surface area contributed by atoms with Gasteiger partial charge in [-0.05, 0) is 25.1 Å². The van der Waals surface area contributed by atoms with E-state index < -0.39 is 11.6 Å². The van der Waals surface area contributed by atoms with Gasteiger partial charge in [-0.3, -0.25) is 0 Å².